The number of aliphatic hydroxyl groups is 4. The molecule has 1 fully saturated rings. The van der Waals surface area contributed by atoms with E-state index in [-0.39, 0.29) is 31.2 Å². The summed E-state index contributed by atoms with van der Waals surface area (Å²) in [4.78, 5) is 26.0. The molecule has 2 aliphatic heterocycles. The minimum Gasteiger partial charge on any atom is -0.394 e. The standard InChI is InChI=1S/C14H11Cl4NO7/c15-5-3-4(6(16)8(18)7(5)17)13(25)19(12(3)24)14-11(23)10(22)9(21)2(1-20)26-14/h2,9-11,14,20-23H,1H2/t2-,9-,10+,11-,14-/m1/s1. The van der Waals surface area contributed by atoms with Gasteiger partial charge in [0.15, 0.2) is 6.23 Å². The lowest BCUT2D eigenvalue weighted by molar-refractivity contribution is -0.250. The van der Waals surface area contributed by atoms with E-state index in [0.29, 0.717) is 4.90 Å². The van der Waals surface area contributed by atoms with Gasteiger partial charge in [-0.1, -0.05) is 46.4 Å². The number of amides is 2. The molecule has 26 heavy (non-hydrogen) atoms. The molecule has 12 heteroatoms. The van der Waals surface area contributed by atoms with E-state index < -0.39 is 49.1 Å². The Morgan fingerprint density at radius 2 is 1.27 bits per heavy atom. The third kappa shape index (κ3) is 2.72. The highest BCUT2D eigenvalue weighted by Crippen LogP contribution is 2.45. The van der Waals surface area contributed by atoms with Gasteiger partial charge in [-0.3, -0.25) is 9.59 Å². The minimum absolute atomic E-state index is 0.228. The molecular weight excluding hydrogens is 436 g/mol. The van der Waals surface area contributed by atoms with Crippen LogP contribution in [0.15, 0.2) is 0 Å². The van der Waals surface area contributed by atoms with Gasteiger partial charge >= 0.3 is 0 Å². The summed E-state index contributed by atoms with van der Waals surface area (Å²) in [5.41, 5.74) is -0.652. The fourth-order valence-electron chi connectivity index (χ4n) is 2.89. The second kappa shape index (κ2) is 7.05. The Labute approximate surface area is 166 Å². The zero-order valence-electron chi connectivity index (χ0n) is 12.6. The number of imide groups is 1. The van der Waals surface area contributed by atoms with E-state index in [1.54, 1.807) is 0 Å². The Morgan fingerprint density at radius 3 is 1.69 bits per heavy atom. The molecule has 1 saturated heterocycles. The van der Waals surface area contributed by atoms with E-state index in [0.717, 1.165) is 0 Å². The normalized spacial score (nSPS) is 31.5. The number of ether oxygens (including phenoxy) is 1. The Balaban J connectivity index is 2.08. The van der Waals surface area contributed by atoms with E-state index in [4.69, 9.17) is 51.1 Å². The van der Waals surface area contributed by atoms with E-state index in [2.05, 4.69) is 0 Å². The number of aliphatic hydroxyl groups excluding tert-OH is 4. The Kier molecular flexibility index (Phi) is 5.44. The first-order valence-electron chi connectivity index (χ1n) is 7.17. The first-order valence-corrected chi connectivity index (χ1v) is 8.69. The van der Waals surface area contributed by atoms with Gasteiger partial charge in [-0.25, -0.2) is 4.90 Å². The number of carbonyl (C=O) groups is 2. The number of hydrogen-bond acceptors (Lipinski definition) is 7. The van der Waals surface area contributed by atoms with Crippen molar-refractivity contribution in [3.63, 3.8) is 0 Å². The predicted octanol–water partition coefficient (Wildman–Crippen LogP) is 0.696. The maximum atomic E-state index is 12.7. The van der Waals surface area contributed by atoms with Crippen molar-refractivity contribution < 1.29 is 34.8 Å². The molecule has 1 aromatic carbocycles. The summed E-state index contributed by atoms with van der Waals surface area (Å²) in [7, 11) is 0. The number of nitrogens with zero attached hydrogens (tertiary/aromatic N) is 1. The van der Waals surface area contributed by atoms with Crippen molar-refractivity contribution in [2.24, 2.45) is 0 Å². The van der Waals surface area contributed by atoms with Crippen LogP contribution >= 0.6 is 46.4 Å². The van der Waals surface area contributed by atoms with Gasteiger partial charge in [-0.2, -0.15) is 0 Å². The summed E-state index contributed by atoms with van der Waals surface area (Å²) in [6, 6.07) is 0. The molecule has 8 nitrogen and oxygen atoms in total. The molecule has 0 radical (unpaired) electrons. The van der Waals surface area contributed by atoms with Crippen molar-refractivity contribution in [3.05, 3.63) is 31.2 Å². The van der Waals surface area contributed by atoms with Crippen LogP contribution in [0.2, 0.25) is 20.1 Å². The average Bonchev–Trinajstić information content (AvgIpc) is 2.87. The van der Waals surface area contributed by atoms with Crippen molar-refractivity contribution in [2.75, 3.05) is 6.61 Å². The lowest BCUT2D eigenvalue weighted by Gasteiger charge is -2.42. The van der Waals surface area contributed by atoms with E-state index in [9.17, 15) is 30.0 Å². The molecule has 1 aromatic rings. The number of fused-ring (bicyclic) bond motifs is 1. The minimum atomic E-state index is -1.85. The van der Waals surface area contributed by atoms with E-state index in [1.807, 2.05) is 0 Å². The molecule has 0 unspecified atom stereocenters. The molecule has 2 amide bonds. The van der Waals surface area contributed by atoms with E-state index >= 15 is 0 Å². The van der Waals surface area contributed by atoms with Crippen molar-refractivity contribution in [3.8, 4) is 0 Å². The Morgan fingerprint density at radius 1 is 0.808 bits per heavy atom. The van der Waals surface area contributed by atoms with Crippen LogP contribution in [0.3, 0.4) is 0 Å². The van der Waals surface area contributed by atoms with Crippen molar-refractivity contribution >= 4 is 58.2 Å². The largest absolute Gasteiger partial charge is 0.394 e. The summed E-state index contributed by atoms with van der Waals surface area (Å²) in [5.74, 6) is -1.97. The van der Waals surface area contributed by atoms with Crippen LogP contribution in [-0.2, 0) is 4.74 Å². The predicted molar refractivity (Wildman–Crippen MR) is 90.7 cm³/mol. The smallest absolute Gasteiger partial charge is 0.265 e. The summed E-state index contributed by atoms with van der Waals surface area (Å²) in [6.07, 6.45) is -8.31. The van der Waals surface area contributed by atoms with Crippen molar-refractivity contribution in [1.82, 2.24) is 4.90 Å². The number of rotatable bonds is 2. The van der Waals surface area contributed by atoms with Crippen LogP contribution < -0.4 is 0 Å². The maximum Gasteiger partial charge on any atom is 0.265 e. The fraction of sp³-hybridized carbons (Fsp3) is 0.429. The molecule has 2 heterocycles. The molecule has 0 aromatic heterocycles. The van der Waals surface area contributed by atoms with Crippen LogP contribution in [0.4, 0.5) is 0 Å². The molecule has 142 valence electrons. The van der Waals surface area contributed by atoms with Crippen LogP contribution in [0.5, 0.6) is 0 Å². The van der Waals surface area contributed by atoms with Gasteiger partial charge in [-0.15, -0.1) is 0 Å². The molecule has 0 spiro atoms. The number of carbonyl (C=O) groups excluding carboxylic acids is 2. The molecule has 3 rings (SSSR count). The molecule has 0 aliphatic carbocycles. The van der Waals surface area contributed by atoms with Gasteiger partial charge in [0.1, 0.15) is 24.4 Å². The van der Waals surface area contributed by atoms with Crippen molar-refractivity contribution in [1.29, 1.82) is 0 Å². The third-order valence-corrected chi connectivity index (χ3v) is 6.06. The van der Waals surface area contributed by atoms with Gasteiger partial charge in [0.25, 0.3) is 11.8 Å². The molecule has 5 atom stereocenters. The maximum absolute atomic E-state index is 12.7. The average molecular weight is 447 g/mol. The number of halogens is 4. The summed E-state index contributed by atoms with van der Waals surface area (Å²) in [6.45, 7) is -0.732. The number of hydrogen-bond donors (Lipinski definition) is 4. The lowest BCUT2D eigenvalue weighted by atomic mass is 9.98. The molecule has 2 aliphatic rings. The van der Waals surface area contributed by atoms with Crippen LogP contribution in [0.1, 0.15) is 20.7 Å². The van der Waals surface area contributed by atoms with Gasteiger partial charge < -0.3 is 25.2 Å². The second-order valence-electron chi connectivity index (χ2n) is 5.71. The zero-order valence-corrected chi connectivity index (χ0v) is 15.6. The van der Waals surface area contributed by atoms with Crippen LogP contribution in [-0.4, -0.2) is 74.4 Å². The highest BCUT2D eigenvalue weighted by Gasteiger charge is 2.53. The van der Waals surface area contributed by atoms with Gasteiger partial charge in [0.05, 0.1) is 37.8 Å². The highest BCUT2D eigenvalue weighted by molar-refractivity contribution is 6.55. The SMILES string of the molecule is O=C1c2c(Cl)c(Cl)c(Cl)c(Cl)c2C(=O)N1[C@@H]1O[C@H](CO)[C@@H](O)[C@H](O)[C@H]1O. The monoisotopic (exact) mass is 445 g/mol. The highest BCUT2D eigenvalue weighted by atomic mass is 35.5. The quantitative estimate of drug-likeness (QED) is 0.299. The Hall–Kier alpha value is -0.680. The zero-order chi connectivity index (χ0) is 19.5. The Bertz CT molecular complexity index is 755. The molecule has 4 N–H and O–H groups in total. The summed E-state index contributed by atoms with van der Waals surface area (Å²) < 4.78 is 5.25. The fourth-order valence-corrected chi connectivity index (χ4v) is 3.91. The van der Waals surface area contributed by atoms with Gasteiger partial charge in [-0.05, 0) is 0 Å². The lowest BCUT2D eigenvalue weighted by Crippen LogP contribution is -2.64. The topological polar surface area (TPSA) is 128 Å². The van der Waals surface area contributed by atoms with Crippen LogP contribution in [0, 0.1) is 0 Å². The van der Waals surface area contributed by atoms with Gasteiger partial charge in [0, 0.05) is 0 Å². The van der Waals surface area contributed by atoms with Crippen LogP contribution in [0.25, 0.3) is 0 Å². The second-order valence-corrected chi connectivity index (χ2v) is 7.22. The summed E-state index contributed by atoms with van der Waals surface area (Å²) in [5, 5.41) is 38.1. The first-order chi connectivity index (χ1) is 12.1. The van der Waals surface area contributed by atoms with Gasteiger partial charge in [0.2, 0.25) is 0 Å². The third-order valence-electron chi connectivity index (χ3n) is 4.25. The molecular formula is C14H11Cl4NO7. The first kappa shape index (κ1) is 20.1. The number of benzene rings is 1. The molecule has 0 bridgehead atoms. The molecule has 0 saturated carbocycles. The van der Waals surface area contributed by atoms with E-state index in [1.165, 1.54) is 0 Å². The summed E-state index contributed by atoms with van der Waals surface area (Å²) >= 11 is 23.9. The van der Waals surface area contributed by atoms with Crippen molar-refractivity contribution in [2.45, 2.75) is 30.6 Å².